The standard InChI is InChI=1S/C21H25FN4O/c1-14-18-5-3-11-25(13-16-7-9-17(22)10-8-16)21(18)24-20(23-14)19-6-4-12-26(19)15(2)27/h7-10,19H,3-6,11-13H2,1-2H3. The van der Waals surface area contributed by atoms with Crippen molar-refractivity contribution in [3.63, 3.8) is 0 Å². The number of hydrogen-bond acceptors (Lipinski definition) is 4. The zero-order valence-corrected chi connectivity index (χ0v) is 15.9. The van der Waals surface area contributed by atoms with Crippen LogP contribution >= 0.6 is 0 Å². The number of anilines is 1. The van der Waals surface area contributed by atoms with Crippen LogP contribution in [0.25, 0.3) is 0 Å². The molecule has 6 heteroatoms. The summed E-state index contributed by atoms with van der Waals surface area (Å²) >= 11 is 0. The first-order valence-corrected chi connectivity index (χ1v) is 9.67. The second-order valence-corrected chi connectivity index (χ2v) is 7.49. The highest BCUT2D eigenvalue weighted by atomic mass is 19.1. The lowest BCUT2D eigenvalue weighted by Crippen LogP contribution is -2.33. The van der Waals surface area contributed by atoms with Crippen LogP contribution in [-0.2, 0) is 17.8 Å². The summed E-state index contributed by atoms with van der Waals surface area (Å²) in [5.41, 5.74) is 3.27. The minimum Gasteiger partial charge on any atom is -0.352 e. The SMILES string of the molecule is CC(=O)N1CCCC1c1nc(C)c2c(n1)N(Cc1ccc(F)cc1)CCC2. The molecule has 1 fully saturated rings. The average molecular weight is 368 g/mol. The van der Waals surface area contributed by atoms with Crippen molar-refractivity contribution in [2.75, 3.05) is 18.0 Å². The van der Waals surface area contributed by atoms with E-state index in [0.717, 1.165) is 61.7 Å². The summed E-state index contributed by atoms with van der Waals surface area (Å²) in [7, 11) is 0. The predicted octanol–water partition coefficient (Wildman–Crippen LogP) is 3.56. The van der Waals surface area contributed by atoms with Crippen LogP contribution in [0.2, 0.25) is 0 Å². The number of hydrogen-bond donors (Lipinski definition) is 0. The molecular formula is C21H25FN4O. The molecule has 1 aromatic heterocycles. The fourth-order valence-corrected chi connectivity index (χ4v) is 4.23. The minimum absolute atomic E-state index is 0.0268. The van der Waals surface area contributed by atoms with E-state index < -0.39 is 0 Å². The Labute approximate surface area is 159 Å². The molecule has 5 nitrogen and oxygen atoms in total. The van der Waals surface area contributed by atoms with E-state index in [-0.39, 0.29) is 17.8 Å². The quantitative estimate of drug-likeness (QED) is 0.831. The molecule has 27 heavy (non-hydrogen) atoms. The normalized spacial score (nSPS) is 19.3. The maximum Gasteiger partial charge on any atom is 0.220 e. The highest BCUT2D eigenvalue weighted by Crippen LogP contribution is 2.34. The van der Waals surface area contributed by atoms with Gasteiger partial charge in [-0.15, -0.1) is 0 Å². The number of amides is 1. The highest BCUT2D eigenvalue weighted by molar-refractivity contribution is 5.74. The van der Waals surface area contributed by atoms with Gasteiger partial charge in [0.25, 0.3) is 0 Å². The Morgan fingerprint density at radius 2 is 1.96 bits per heavy atom. The zero-order chi connectivity index (χ0) is 19.0. The number of aryl methyl sites for hydroxylation is 1. The van der Waals surface area contributed by atoms with Crippen molar-refractivity contribution in [3.05, 3.63) is 52.7 Å². The Morgan fingerprint density at radius 3 is 2.70 bits per heavy atom. The van der Waals surface area contributed by atoms with Gasteiger partial charge < -0.3 is 9.80 Å². The molecule has 3 heterocycles. The Morgan fingerprint density at radius 1 is 1.19 bits per heavy atom. The number of aromatic nitrogens is 2. The highest BCUT2D eigenvalue weighted by Gasteiger charge is 2.32. The number of halogens is 1. The van der Waals surface area contributed by atoms with Crippen LogP contribution in [0.4, 0.5) is 10.2 Å². The molecule has 1 amide bonds. The first kappa shape index (κ1) is 17.9. The van der Waals surface area contributed by atoms with Gasteiger partial charge >= 0.3 is 0 Å². The lowest BCUT2D eigenvalue weighted by molar-refractivity contribution is -0.129. The van der Waals surface area contributed by atoms with E-state index in [4.69, 9.17) is 9.97 Å². The molecule has 4 rings (SSSR count). The summed E-state index contributed by atoms with van der Waals surface area (Å²) in [5, 5.41) is 0. The largest absolute Gasteiger partial charge is 0.352 e. The Bertz CT molecular complexity index is 852. The van der Waals surface area contributed by atoms with E-state index in [9.17, 15) is 9.18 Å². The molecule has 142 valence electrons. The molecule has 0 spiro atoms. The van der Waals surface area contributed by atoms with Gasteiger partial charge in [-0.2, -0.15) is 0 Å². The molecule has 2 aliphatic rings. The van der Waals surface area contributed by atoms with Crippen molar-refractivity contribution in [1.82, 2.24) is 14.9 Å². The van der Waals surface area contributed by atoms with E-state index in [1.165, 1.54) is 17.7 Å². The third-order valence-corrected chi connectivity index (χ3v) is 5.61. The summed E-state index contributed by atoms with van der Waals surface area (Å²) in [6.45, 7) is 6.05. The van der Waals surface area contributed by atoms with Crippen molar-refractivity contribution in [2.45, 2.75) is 52.1 Å². The van der Waals surface area contributed by atoms with E-state index in [2.05, 4.69) is 4.90 Å². The first-order chi connectivity index (χ1) is 13.0. The van der Waals surface area contributed by atoms with E-state index in [0.29, 0.717) is 6.54 Å². The topological polar surface area (TPSA) is 49.3 Å². The molecule has 1 atom stereocenters. The Hall–Kier alpha value is -2.50. The first-order valence-electron chi connectivity index (χ1n) is 9.67. The number of carbonyl (C=O) groups excluding carboxylic acids is 1. The predicted molar refractivity (Wildman–Crippen MR) is 102 cm³/mol. The van der Waals surface area contributed by atoms with Gasteiger partial charge in [0.2, 0.25) is 5.91 Å². The monoisotopic (exact) mass is 368 g/mol. The van der Waals surface area contributed by atoms with Crippen LogP contribution in [0.5, 0.6) is 0 Å². The third-order valence-electron chi connectivity index (χ3n) is 5.61. The van der Waals surface area contributed by atoms with Gasteiger partial charge in [0.1, 0.15) is 11.6 Å². The number of benzene rings is 1. The third kappa shape index (κ3) is 3.53. The van der Waals surface area contributed by atoms with Crippen molar-refractivity contribution in [1.29, 1.82) is 0 Å². The zero-order valence-electron chi connectivity index (χ0n) is 15.9. The molecule has 0 saturated carbocycles. The Balaban J connectivity index is 1.67. The van der Waals surface area contributed by atoms with E-state index in [1.54, 1.807) is 6.92 Å². The maximum absolute atomic E-state index is 13.2. The second kappa shape index (κ2) is 7.25. The van der Waals surface area contributed by atoms with Crippen LogP contribution in [0.1, 0.15) is 54.9 Å². The van der Waals surface area contributed by atoms with Crippen molar-refractivity contribution in [3.8, 4) is 0 Å². The summed E-state index contributed by atoms with van der Waals surface area (Å²) < 4.78 is 13.2. The molecule has 0 bridgehead atoms. The van der Waals surface area contributed by atoms with Crippen molar-refractivity contribution >= 4 is 11.7 Å². The lowest BCUT2D eigenvalue weighted by Gasteiger charge is -2.32. The Kier molecular flexibility index (Phi) is 4.81. The van der Waals surface area contributed by atoms with Gasteiger partial charge in [-0.3, -0.25) is 4.79 Å². The van der Waals surface area contributed by atoms with Gasteiger partial charge in [-0.05, 0) is 50.3 Å². The summed E-state index contributed by atoms with van der Waals surface area (Å²) in [4.78, 5) is 25.8. The summed E-state index contributed by atoms with van der Waals surface area (Å²) in [6, 6.07) is 6.63. The van der Waals surface area contributed by atoms with Crippen molar-refractivity contribution in [2.24, 2.45) is 0 Å². The van der Waals surface area contributed by atoms with Gasteiger partial charge in [0.15, 0.2) is 5.82 Å². The molecule has 2 aromatic rings. The van der Waals surface area contributed by atoms with Gasteiger partial charge in [0.05, 0.1) is 6.04 Å². The average Bonchev–Trinajstić information content (AvgIpc) is 3.14. The van der Waals surface area contributed by atoms with Crippen molar-refractivity contribution < 1.29 is 9.18 Å². The molecular weight excluding hydrogens is 343 g/mol. The fourth-order valence-electron chi connectivity index (χ4n) is 4.23. The number of nitrogens with zero attached hydrogens (tertiary/aromatic N) is 4. The number of likely N-dealkylation sites (tertiary alicyclic amines) is 1. The van der Waals surface area contributed by atoms with Crippen LogP contribution in [0, 0.1) is 12.7 Å². The van der Waals surface area contributed by atoms with Gasteiger partial charge in [-0.1, -0.05) is 12.1 Å². The summed E-state index contributed by atoms with van der Waals surface area (Å²) in [5.74, 6) is 1.59. The molecule has 1 unspecified atom stereocenters. The fraction of sp³-hybridized carbons (Fsp3) is 0.476. The van der Waals surface area contributed by atoms with E-state index >= 15 is 0 Å². The number of carbonyl (C=O) groups is 1. The van der Waals surface area contributed by atoms with Gasteiger partial charge in [0, 0.05) is 37.8 Å². The smallest absolute Gasteiger partial charge is 0.220 e. The minimum atomic E-state index is -0.219. The summed E-state index contributed by atoms with van der Waals surface area (Å²) in [6.07, 6.45) is 3.93. The van der Waals surface area contributed by atoms with Crippen LogP contribution in [0.3, 0.4) is 0 Å². The molecule has 0 N–H and O–H groups in total. The van der Waals surface area contributed by atoms with Gasteiger partial charge in [-0.25, -0.2) is 14.4 Å². The number of fused-ring (bicyclic) bond motifs is 1. The number of rotatable bonds is 3. The van der Waals surface area contributed by atoms with E-state index in [1.807, 2.05) is 24.0 Å². The molecule has 0 radical (unpaired) electrons. The molecule has 0 aliphatic carbocycles. The molecule has 1 saturated heterocycles. The molecule has 1 aromatic carbocycles. The molecule has 2 aliphatic heterocycles. The second-order valence-electron chi connectivity index (χ2n) is 7.49. The maximum atomic E-state index is 13.2. The van der Waals surface area contributed by atoms with Crippen LogP contribution < -0.4 is 4.90 Å². The lowest BCUT2D eigenvalue weighted by atomic mass is 10.0. The van der Waals surface area contributed by atoms with Crippen LogP contribution in [-0.4, -0.2) is 33.9 Å². The van der Waals surface area contributed by atoms with Crippen LogP contribution in [0.15, 0.2) is 24.3 Å².